The molecule has 0 bridgehead atoms. The van der Waals surface area contributed by atoms with Gasteiger partial charge < -0.3 is 19.5 Å². The van der Waals surface area contributed by atoms with E-state index in [4.69, 9.17) is 14.2 Å². The molecular formula is C22H33NO5. The van der Waals surface area contributed by atoms with Crippen LogP contribution in [-0.4, -0.2) is 37.3 Å². The molecule has 0 radical (unpaired) electrons. The third-order valence-electron chi connectivity index (χ3n) is 4.90. The second kappa shape index (κ2) is 10.5. The Morgan fingerprint density at radius 3 is 2.50 bits per heavy atom. The molecule has 0 spiro atoms. The molecule has 0 aliphatic heterocycles. The average Bonchev–Trinajstić information content (AvgIpc) is 3.53. The zero-order valence-corrected chi connectivity index (χ0v) is 17.5. The number of esters is 1. The van der Waals surface area contributed by atoms with E-state index in [0.29, 0.717) is 30.2 Å². The van der Waals surface area contributed by atoms with Gasteiger partial charge in [0.2, 0.25) is 0 Å². The van der Waals surface area contributed by atoms with Crippen LogP contribution in [0, 0.1) is 5.92 Å². The minimum Gasteiger partial charge on any atom is -0.493 e. The van der Waals surface area contributed by atoms with Crippen LogP contribution in [0.15, 0.2) is 18.2 Å². The monoisotopic (exact) mass is 391 g/mol. The fourth-order valence-corrected chi connectivity index (χ4v) is 3.00. The van der Waals surface area contributed by atoms with Gasteiger partial charge in [0.25, 0.3) is 5.91 Å². The van der Waals surface area contributed by atoms with Crippen LogP contribution < -0.4 is 10.1 Å². The fraction of sp³-hybridized carbons (Fsp3) is 0.636. The van der Waals surface area contributed by atoms with Gasteiger partial charge in [0.1, 0.15) is 16.9 Å². The first-order chi connectivity index (χ1) is 13.5. The van der Waals surface area contributed by atoms with E-state index < -0.39 is 11.6 Å². The largest absolute Gasteiger partial charge is 0.493 e. The molecule has 0 heterocycles. The van der Waals surface area contributed by atoms with Gasteiger partial charge in [0.15, 0.2) is 0 Å². The zero-order valence-electron chi connectivity index (χ0n) is 17.5. The molecule has 1 aliphatic rings. The summed E-state index contributed by atoms with van der Waals surface area (Å²) in [7, 11) is 0. The Hall–Kier alpha value is -2.08. The van der Waals surface area contributed by atoms with Crippen molar-refractivity contribution in [2.75, 3.05) is 25.1 Å². The van der Waals surface area contributed by atoms with E-state index >= 15 is 0 Å². The van der Waals surface area contributed by atoms with Crippen molar-refractivity contribution in [1.82, 2.24) is 0 Å². The molecule has 156 valence electrons. The minimum atomic E-state index is -0.851. The van der Waals surface area contributed by atoms with E-state index in [2.05, 4.69) is 12.2 Å². The number of amides is 1. The van der Waals surface area contributed by atoms with Gasteiger partial charge in [-0.05, 0) is 63.6 Å². The Bertz CT molecular complexity index is 671. The Balaban J connectivity index is 2.18. The van der Waals surface area contributed by atoms with Crippen LogP contribution in [0.25, 0.3) is 0 Å². The maximum atomic E-state index is 12.9. The third-order valence-corrected chi connectivity index (χ3v) is 4.90. The van der Waals surface area contributed by atoms with E-state index in [9.17, 15) is 9.59 Å². The lowest BCUT2D eigenvalue weighted by molar-refractivity contribution is -0.142. The van der Waals surface area contributed by atoms with Crippen LogP contribution in [0.3, 0.4) is 0 Å². The maximum Gasteiger partial charge on any atom is 0.341 e. The SMILES string of the molecule is CCCCOc1ccc(NC(=O)[C@](C)(OCCC)C2CC2)cc1C(=O)OCC. The molecule has 1 aromatic rings. The summed E-state index contributed by atoms with van der Waals surface area (Å²) >= 11 is 0. The molecule has 6 heteroatoms. The van der Waals surface area contributed by atoms with Gasteiger partial charge in [-0.2, -0.15) is 0 Å². The zero-order chi connectivity index (χ0) is 20.6. The summed E-state index contributed by atoms with van der Waals surface area (Å²) in [6, 6.07) is 5.07. The predicted molar refractivity (Wildman–Crippen MR) is 109 cm³/mol. The molecule has 0 aromatic heterocycles. The van der Waals surface area contributed by atoms with E-state index in [1.807, 2.05) is 13.8 Å². The molecular weight excluding hydrogens is 358 g/mol. The molecule has 1 aliphatic carbocycles. The van der Waals surface area contributed by atoms with Gasteiger partial charge in [0.05, 0.1) is 13.2 Å². The highest BCUT2D eigenvalue weighted by Crippen LogP contribution is 2.42. The highest BCUT2D eigenvalue weighted by Gasteiger charge is 2.48. The molecule has 1 saturated carbocycles. The first-order valence-electron chi connectivity index (χ1n) is 10.4. The Labute approximate surface area is 167 Å². The molecule has 1 N–H and O–H groups in total. The predicted octanol–water partition coefficient (Wildman–Crippen LogP) is 4.58. The van der Waals surface area contributed by atoms with Crippen molar-refractivity contribution in [3.05, 3.63) is 23.8 Å². The topological polar surface area (TPSA) is 73.9 Å². The van der Waals surface area contributed by atoms with Crippen LogP contribution in [-0.2, 0) is 14.3 Å². The standard InChI is InChI=1S/C22H33NO5/c1-5-8-14-27-19-12-11-17(15-18(19)20(24)26-7-3)23-21(25)22(4,16-9-10-16)28-13-6-2/h11-12,15-16H,5-10,13-14H2,1-4H3,(H,23,25)/t22-/m1/s1. The van der Waals surface area contributed by atoms with E-state index in [1.54, 1.807) is 25.1 Å². The van der Waals surface area contributed by atoms with Crippen molar-refractivity contribution in [3.8, 4) is 5.75 Å². The number of hydrogen-bond acceptors (Lipinski definition) is 5. The molecule has 1 aromatic carbocycles. The molecule has 1 fully saturated rings. The third kappa shape index (κ3) is 5.71. The number of ether oxygens (including phenoxy) is 3. The number of rotatable bonds is 12. The van der Waals surface area contributed by atoms with Gasteiger partial charge in [-0.25, -0.2) is 4.79 Å². The van der Waals surface area contributed by atoms with Crippen LogP contribution in [0.1, 0.15) is 70.2 Å². The quantitative estimate of drug-likeness (QED) is 0.417. The molecule has 0 saturated heterocycles. The lowest BCUT2D eigenvalue weighted by atomic mass is 9.98. The Morgan fingerprint density at radius 1 is 1.14 bits per heavy atom. The molecule has 0 unspecified atom stereocenters. The molecule has 2 rings (SSSR count). The smallest absolute Gasteiger partial charge is 0.341 e. The summed E-state index contributed by atoms with van der Waals surface area (Å²) in [4.78, 5) is 25.3. The highest BCUT2D eigenvalue weighted by molar-refractivity contribution is 6.00. The van der Waals surface area contributed by atoms with E-state index in [-0.39, 0.29) is 18.4 Å². The first kappa shape index (κ1) is 22.2. The maximum absolute atomic E-state index is 12.9. The Morgan fingerprint density at radius 2 is 1.89 bits per heavy atom. The second-order valence-electron chi connectivity index (χ2n) is 7.32. The van der Waals surface area contributed by atoms with E-state index in [0.717, 1.165) is 32.1 Å². The lowest BCUT2D eigenvalue weighted by Crippen LogP contribution is -2.45. The average molecular weight is 392 g/mol. The van der Waals surface area contributed by atoms with Crippen molar-refractivity contribution >= 4 is 17.6 Å². The van der Waals surface area contributed by atoms with Crippen LogP contribution in [0.4, 0.5) is 5.69 Å². The summed E-state index contributed by atoms with van der Waals surface area (Å²) in [6.07, 6.45) is 4.74. The summed E-state index contributed by atoms with van der Waals surface area (Å²) in [6.45, 7) is 9.05. The fourth-order valence-electron chi connectivity index (χ4n) is 3.00. The van der Waals surface area contributed by atoms with Crippen molar-refractivity contribution in [3.63, 3.8) is 0 Å². The number of nitrogens with one attached hydrogen (secondary N) is 1. The molecule has 1 amide bonds. The number of carbonyl (C=O) groups is 2. The normalized spacial score (nSPS) is 15.6. The first-order valence-corrected chi connectivity index (χ1v) is 10.4. The number of anilines is 1. The van der Waals surface area contributed by atoms with Crippen molar-refractivity contribution in [2.45, 2.75) is 65.4 Å². The molecule has 28 heavy (non-hydrogen) atoms. The second-order valence-corrected chi connectivity index (χ2v) is 7.32. The number of carbonyl (C=O) groups excluding carboxylic acids is 2. The number of unbranched alkanes of at least 4 members (excludes halogenated alkanes) is 1. The van der Waals surface area contributed by atoms with Gasteiger partial charge in [-0.1, -0.05) is 20.3 Å². The number of benzene rings is 1. The summed E-state index contributed by atoms with van der Waals surface area (Å²) in [5, 5.41) is 2.92. The van der Waals surface area contributed by atoms with Crippen LogP contribution in [0.5, 0.6) is 5.75 Å². The molecule has 6 nitrogen and oxygen atoms in total. The summed E-state index contributed by atoms with van der Waals surface area (Å²) in [5.74, 6) is 0.0625. The van der Waals surface area contributed by atoms with Crippen molar-refractivity contribution in [2.24, 2.45) is 5.92 Å². The number of hydrogen-bond donors (Lipinski definition) is 1. The van der Waals surface area contributed by atoms with Crippen molar-refractivity contribution in [1.29, 1.82) is 0 Å². The van der Waals surface area contributed by atoms with Gasteiger partial charge in [-0.3, -0.25) is 4.79 Å². The highest BCUT2D eigenvalue weighted by atomic mass is 16.5. The molecule has 1 atom stereocenters. The lowest BCUT2D eigenvalue weighted by Gasteiger charge is -2.28. The summed E-state index contributed by atoms with van der Waals surface area (Å²) in [5.41, 5.74) is -0.00244. The van der Waals surface area contributed by atoms with Gasteiger partial charge in [0, 0.05) is 12.3 Å². The van der Waals surface area contributed by atoms with E-state index in [1.165, 1.54) is 0 Å². The van der Waals surface area contributed by atoms with Crippen LogP contribution in [0.2, 0.25) is 0 Å². The van der Waals surface area contributed by atoms with Crippen molar-refractivity contribution < 1.29 is 23.8 Å². The minimum absolute atomic E-state index is 0.182. The van der Waals surface area contributed by atoms with Crippen LogP contribution >= 0.6 is 0 Å². The summed E-state index contributed by atoms with van der Waals surface area (Å²) < 4.78 is 16.8. The Kier molecular flexibility index (Phi) is 8.30. The van der Waals surface area contributed by atoms with Gasteiger partial charge >= 0.3 is 5.97 Å². The van der Waals surface area contributed by atoms with Gasteiger partial charge in [-0.15, -0.1) is 0 Å².